The Morgan fingerprint density at radius 1 is 1.10 bits per heavy atom. The number of benzene rings is 1. The molecule has 1 nitrogen and oxygen atoms in total. The van der Waals surface area contributed by atoms with Crippen molar-refractivity contribution in [2.75, 3.05) is 6.54 Å². The lowest BCUT2D eigenvalue weighted by Crippen LogP contribution is -2.22. The van der Waals surface area contributed by atoms with Gasteiger partial charge in [-0.05, 0) is 48.2 Å². The van der Waals surface area contributed by atoms with Crippen LogP contribution in [0.3, 0.4) is 0 Å². The zero-order chi connectivity index (χ0) is 15.5. The van der Waals surface area contributed by atoms with E-state index in [4.69, 9.17) is 0 Å². The topological polar surface area (TPSA) is 12.0 Å². The molecule has 0 amide bonds. The lowest BCUT2D eigenvalue weighted by atomic mass is 9.95. The van der Waals surface area contributed by atoms with Gasteiger partial charge in [-0.25, -0.2) is 0 Å². The van der Waals surface area contributed by atoms with Crippen LogP contribution in [-0.4, -0.2) is 6.54 Å². The van der Waals surface area contributed by atoms with Crippen molar-refractivity contribution in [1.29, 1.82) is 0 Å². The van der Waals surface area contributed by atoms with Gasteiger partial charge < -0.3 is 5.32 Å². The largest absolute Gasteiger partial charge is 0.306 e. The molecular formula is C18H24BrNS. The molecule has 2 aromatic rings. The highest BCUT2D eigenvalue weighted by Crippen LogP contribution is 2.35. The molecule has 0 radical (unpaired) electrons. The van der Waals surface area contributed by atoms with Crippen molar-refractivity contribution in [3.8, 4) is 0 Å². The van der Waals surface area contributed by atoms with Crippen LogP contribution in [-0.2, 0) is 5.41 Å². The molecule has 114 valence electrons. The molecule has 1 unspecified atom stereocenters. The Kier molecular flexibility index (Phi) is 5.64. The molecule has 21 heavy (non-hydrogen) atoms. The van der Waals surface area contributed by atoms with Crippen LogP contribution < -0.4 is 5.32 Å². The highest BCUT2D eigenvalue weighted by atomic mass is 79.9. The van der Waals surface area contributed by atoms with Gasteiger partial charge in [0.2, 0.25) is 0 Å². The molecule has 0 saturated carbocycles. The number of rotatable bonds is 5. The van der Waals surface area contributed by atoms with E-state index in [1.54, 1.807) is 0 Å². The van der Waals surface area contributed by atoms with Crippen molar-refractivity contribution >= 4 is 27.3 Å². The maximum atomic E-state index is 3.68. The highest BCUT2D eigenvalue weighted by molar-refractivity contribution is 9.10. The van der Waals surface area contributed by atoms with E-state index >= 15 is 0 Å². The summed E-state index contributed by atoms with van der Waals surface area (Å²) in [5.41, 5.74) is 1.55. The summed E-state index contributed by atoms with van der Waals surface area (Å²) < 4.78 is 1.13. The maximum Gasteiger partial charge on any atom is 0.0671 e. The normalized spacial score (nSPS) is 13.4. The van der Waals surface area contributed by atoms with Crippen LogP contribution >= 0.6 is 27.3 Å². The van der Waals surface area contributed by atoms with Crippen LogP contribution in [0.5, 0.6) is 0 Å². The lowest BCUT2D eigenvalue weighted by Gasteiger charge is -2.19. The van der Waals surface area contributed by atoms with Gasteiger partial charge in [0.1, 0.15) is 0 Å². The number of thiophene rings is 1. The number of nitrogens with one attached hydrogen (secondary N) is 1. The molecule has 3 heteroatoms. The Balaban J connectivity index is 2.31. The smallest absolute Gasteiger partial charge is 0.0671 e. The first-order valence-corrected chi connectivity index (χ1v) is 9.12. The molecule has 1 aromatic carbocycles. The predicted molar refractivity (Wildman–Crippen MR) is 97.3 cm³/mol. The fraction of sp³-hybridized carbons (Fsp3) is 0.444. The van der Waals surface area contributed by atoms with Gasteiger partial charge in [-0.2, -0.15) is 0 Å². The van der Waals surface area contributed by atoms with Crippen LogP contribution in [0.25, 0.3) is 0 Å². The standard InChI is InChI=1S/C18H24BrNS/c1-5-12-20-17(13-6-8-14(19)9-7-13)15-10-11-16(21-15)18(2,3)4/h6-11,17,20H,5,12H2,1-4H3. The second-order valence-electron chi connectivity index (χ2n) is 6.39. The molecule has 0 fully saturated rings. The highest BCUT2D eigenvalue weighted by Gasteiger charge is 2.20. The quantitative estimate of drug-likeness (QED) is 0.695. The zero-order valence-electron chi connectivity index (χ0n) is 13.2. The second kappa shape index (κ2) is 7.08. The summed E-state index contributed by atoms with van der Waals surface area (Å²) >= 11 is 5.44. The predicted octanol–water partition coefficient (Wildman–Crippen LogP) is 5.90. The first kappa shape index (κ1) is 16.7. The Hall–Kier alpha value is -0.640. The van der Waals surface area contributed by atoms with E-state index in [1.165, 1.54) is 15.3 Å². The van der Waals surface area contributed by atoms with Gasteiger partial charge in [0.15, 0.2) is 0 Å². The second-order valence-corrected chi connectivity index (χ2v) is 8.42. The molecule has 0 aliphatic rings. The van der Waals surface area contributed by atoms with Crippen molar-refractivity contribution < 1.29 is 0 Å². The summed E-state index contributed by atoms with van der Waals surface area (Å²) in [6.45, 7) is 10.1. The Bertz CT molecular complexity index is 566. The number of halogens is 1. The first-order valence-electron chi connectivity index (χ1n) is 7.51. The van der Waals surface area contributed by atoms with Crippen LogP contribution in [0.1, 0.15) is 55.5 Å². The minimum Gasteiger partial charge on any atom is -0.306 e. The van der Waals surface area contributed by atoms with Crippen molar-refractivity contribution in [3.63, 3.8) is 0 Å². The molecule has 1 N–H and O–H groups in total. The molecule has 0 bridgehead atoms. The maximum absolute atomic E-state index is 3.68. The van der Waals surface area contributed by atoms with E-state index in [0.29, 0.717) is 6.04 Å². The van der Waals surface area contributed by atoms with E-state index in [1.807, 2.05) is 11.3 Å². The van der Waals surface area contributed by atoms with Gasteiger partial charge in [0, 0.05) is 14.2 Å². The summed E-state index contributed by atoms with van der Waals surface area (Å²) in [6.07, 6.45) is 1.14. The van der Waals surface area contributed by atoms with Crippen LogP contribution in [0, 0.1) is 0 Å². The zero-order valence-corrected chi connectivity index (χ0v) is 15.6. The van der Waals surface area contributed by atoms with Gasteiger partial charge in [-0.1, -0.05) is 55.8 Å². The van der Waals surface area contributed by atoms with Crippen LogP contribution in [0.4, 0.5) is 0 Å². The van der Waals surface area contributed by atoms with Crippen molar-refractivity contribution in [2.24, 2.45) is 0 Å². The summed E-state index contributed by atoms with van der Waals surface area (Å²) in [6, 6.07) is 13.5. The minimum absolute atomic E-state index is 0.220. The fourth-order valence-corrected chi connectivity index (χ4v) is 3.67. The van der Waals surface area contributed by atoms with Gasteiger partial charge >= 0.3 is 0 Å². The average Bonchev–Trinajstić information content (AvgIpc) is 2.91. The molecule has 0 spiro atoms. The molecule has 2 rings (SSSR count). The van der Waals surface area contributed by atoms with Gasteiger partial charge in [-0.15, -0.1) is 11.3 Å². The number of hydrogen-bond donors (Lipinski definition) is 1. The Morgan fingerprint density at radius 3 is 2.29 bits per heavy atom. The Labute approximate surface area is 140 Å². The summed E-state index contributed by atoms with van der Waals surface area (Å²) in [4.78, 5) is 2.84. The van der Waals surface area contributed by atoms with E-state index in [2.05, 4.69) is 85.3 Å². The summed E-state index contributed by atoms with van der Waals surface area (Å²) in [7, 11) is 0. The third-order valence-corrected chi connectivity index (χ3v) is 5.56. The van der Waals surface area contributed by atoms with Crippen molar-refractivity contribution in [3.05, 3.63) is 56.2 Å². The van der Waals surface area contributed by atoms with Crippen LogP contribution in [0.15, 0.2) is 40.9 Å². The minimum atomic E-state index is 0.220. The third-order valence-electron chi connectivity index (χ3n) is 3.45. The lowest BCUT2D eigenvalue weighted by molar-refractivity contribution is 0.603. The SMILES string of the molecule is CCCNC(c1ccc(Br)cc1)c1ccc(C(C)(C)C)s1. The number of hydrogen-bond acceptors (Lipinski definition) is 2. The molecule has 0 aliphatic carbocycles. The first-order chi connectivity index (χ1) is 9.91. The average molecular weight is 366 g/mol. The molecule has 1 aromatic heterocycles. The van der Waals surface area contributed by atoms with Crippen LogP contribution in [0.2, 0.25) is 0 Å². The van der Waals surface area contributed by atoms with Crippen molar-refractivity contribution in [2.45, 2.75) is 45.6 Å². The molecule has 1 atom stereocenters. The summed E-state index contributed by atoms with van der Waals surface area (Å²) in [5.74, 6) is 0. The fourth-order valence-electron chi connectivity index (χ4n) is 2.24. The van der Waals surface area contributed by atoms with E-state index in [0.717, 1.165) is 17.4 Å². The van der Waals surface area contributed by atoms with E-state index in [9.17, 15) is 0 Å². The van der Waals surface area contributed by atoms with Crippen molar-refractivity contribution in [1.82, 2.24) is 5.32 Å². The monoisotopic (exact) mass is 365 g/mol. The summed E-state index contributed by atoms with van der Waals surface area (Å²) in [5, 5.41) is 3.68. The van der Waals surface area contributed by atoms with Gasteiger partial charge in [0.25, 0.3) is 0 Å². The molecule has 0 saturated heterocycles. The van der Waals surface area contributed by atoms with Gasteiger partial charge in [0.05, 0.1) is 6.04 Å². The van der Waals surface area contributed by atoms with E-state index in [-0.39, 0.29) is 5.41 Å². The third kappa shape index (κ3) is 4.41. The Morgan fingerprint density at radius 2 is 1.76 bits per heavy atom. The molecule has 0 aliphatic heterocycles. The molecule has 1 heterocycles. The van der Waals surface area contributed by atoms with E-state index < -0.39 is 0 Å². The van der Waals surface area contributed by atoms with Gasteiger partial charge in [-0.3, -0.25) is 0 Å². The molecular weight excluding hydrogens is 342 g/mol.